The molecule has 0 amide bonds. The fourth-order valence-corrected chi connectivity index (χ4v) is 2.08. The number of rotatable bonds is 4. The van der Waals surface area contributed by atoms with Crippen LogP contribution in [-0.2, 0) is 6.42 Å². The standard InChI is InChI=1S/C16H16N2O/c1-12-7-8-14-15(11-12)18-16(17-14)9-10-19-13-5-3-2-4-6-13/h2-8,11H,9-10H2,1H3,(H,17,18). The minimum atomic E-state index is 0.628. The van der Waals surface area contributed by atoms with Crippen LogP contribution >= 0.6 is 0 Å². The van der Waals surface area contributed by atoms with Crippen LogP contribution in [0, 0.1) is 6.92 Å². The van der Waals surface area contributed by atoms with Crippen LogP contribution in [0.5, 0.6) is 5.75 Å². The van der Waals surface area contributed by atoms with E-state index in [0.29, 0.717) is 6.61 Å². The lowest BCUT2D eigenvalue weighted by molar-refractivity contribution is 0.319. The summed E-state index contributed by atoms with van der Waals surface area (Å²) in [6.45, 7) is 2.71. The molecule has 0 atom stereocenters. The first kappa shape index (κ1) is 11.8. The molecule has 3 rings (SSSR count). The average Bonchev–Trinajstić information content (AvgIpc) is 2.82. The smallest absolute Gasteiger partial charge is 0.119 e. The highest BCUT2D eigenvalue weighted by Gasteiger charge is 2.03. The van der Waals surface area contributed by atoms with Crippen LogP contribution in [0.15, 0.2) is 48.5 Å². The van der Waals surface area contributed by atoms with Crippen LogP contribution in [-0.4, -0.2) is 16.6 Å². The fraction of sp³-hybridized carbons (Fsp3) is 0.188. The first-order chi connectivity index (χ1) is 9.31. The van der Waals surface area contributed by atoms with Gasteiger partial charge in [-0.2, -0.15) is 0 Å². The summed E-state index contributed by atoms with van der Waals surface area (Å²) in [5.41, 5.74) is 3.35. The number of nitrogens with one attached hydrogen (secondary N) is 1. The Hall–Kier alpha value is -2.29. The zero-order chi connectivity index (χ0) is 13.1. The maximum absolute atomic E-state index is 5.67. The van der Waals surface area contributed by atoms with Gasteiger partial charge in [0.1, 0.15) is 11.6 Å². The molecule has 19 heavy (non-hydrogen) atoms. The normalized spacial score (nSPS) is 10.8. The average molecular weight is 252 g/mol. The van der Waals surface area contributed by atoms with E-state index in [1.165, 1.54) is 5.56 Å². The number of benzene rings is 2. The number of hydrogen-bond donors (Lipinski definition) is 1. The lowest BCUT2D eigenvalue weighted by Crippen LogP contribution is -2.02. The summed E-state index contributed by atoms with van der Waals surface area (Å²) in [7, 11) is 0. The second-order valence-corrected chi connectivity index (χ2v) is 4.62. The van der Waals surface area contributed by atoms with Crippen LogP contribution in [0.3, 0.4) is 0 Å². The third-order valence-electron chi connectivity index (χ3n) is 3.04. The Morgan fingerprint density at radius 1 is 1.11 bits per heavy atom. The number of aromatic amines is 1. The van der Waals surface area contributed by atoms with Gasteiger partial charge in [0.25, 0.3) is 0 Å². The van der Waals surface area contributed by atoms with E-state index in [1.54, 1.807) is 0 Å². The topological polar surface area (TPSA) is 37.9 Å². The molecular formula is C16H16N2O. The first-order valence-electron chi connectivity index (χ1n) is 6.44. The molecule has 96 valence electrons. The van der Waals surface area contributed by atoms with Crippen molar-refractivity contribution < 1.29 is 4.74 Å². The molecule has 3 heteroatoms. The van der Waals surface area contributed by atoms with Crippen LogP contribution in [0.1, 0.15) is 11.4 Å². The summed E-state index contributed by atoms with van der Waals surface area (Å²) in [6.07, 6.45) is 0.780. The predicted molar refractivity (Wildman–Crippen MR) is 76.5 cm³/mol. The molecule has 2 aromatic carbocycles. The van der Waals surface area contributed by atoms with Crippen molar-refractivity contribution >= 4 is 11.0 Å². The number of aromatic nitrogens is 2. The number of para-hydroxylation sites is 1. The minimum Gasteiger partial charge on any atom is -0.493 e. The van der Waals surface area contributed by atoms with Crippen molar-refractivity contribution in [3.8, 4) is 5.75 Å². The van der Waals surface area contributed by atoms with Gasteiger partial charge in [0.15, 0.2) is 0 Å². The summed E-state index contributed by atoms with van der Waals surface area (Å²) in [4.78, 5) is 7.88. The van der Waals surface area contributed by atoms with Crippen molar-refractivity contribution in [2.24, 2.45) is 0 Å². The van der Waals surface area contributed by atoms with Crippen molar-refractivity contribution in [2.75, 3.05) is 6.61 Å². The minimum absolute atomic E-state index is 0.628. The SMILES string of the molecule is Cc1ccc2nc(CCOc3ccccc3)[nH]c2c1. The Kier molecular flexibility index (Phi) is 3.19. The molecule has 0 aliphatic heterocycles. The molecule has 0 radical (unpaired) electrons. The number of H-pyrrole nitrogens is 1. The van der Waals surface area contributed by atoms with Gasteiger partial charge in [0.05, 0.1) is 17.6 Å². The van der Waals surface area contributed by atoms with Crippen molar-refractivity contribution in [2.45, 2.75) is 13.3 Å². The van der Waals surface area contributed by atoms with Crippen molar-refractivity contribution in [3.05, 3.63) is 59.9 Å². The molecule has 1 aromatic heterocycles. The summed E-state index contributed by atoms with van der Waals surface area (Å²) < 4.78 is 5.67. The lowest BCUT2D eigenvalue weighted by atomic mass is 10.2. The zero-order valence-corrected chi connectivity index (χ0v) is 10.9. The molecule has 0 fully saturated rings. The van der Waals surface area contributed by atoms with Crippen LogP contribution in [0.2, 0.25) is 0 Å². The Labute approximate surface area is 112 Å². The van der Waals surface area contributed by atoms with Gasteiger partial charge in [-0.05, 0) is 36.8 Å². The molecular weight excluding hydrogens is 236 g/mol. The van der Waals surface area contributed by atoms with Gasteiger partial charge >= 0.3 is 0 Å². The molecule has 1 heterocycles. The molecule has 0 bridgehead atoms. The van der Waals surface area contributed by atoms with E-state index >= 15 is 0 Å². The highest BCUT2D eigenvalue weighted by atomic mass is 16.5. The molecule has 0 unspecified atom stereocenters. The predicted octanol–water partition coefficient (Wildman–Crippen LogP) is 3.49. The molecule has 1 N–H and O–H groups in total. The maximum atomic E-state index is 5.67. The second kappa shape index (κ2) is 5.14. The summed E-state index contributed by atoms with van der Waals surface area (Å²) >= 11 is 0. The number of fused-ring (bicyclic) bond motifs is 1. The van der Waals surface area contributed by atoms with Crippen LogP contribution < -0.4 is 4.74 Å². The van der Waals surface area contributed by atoms with Crippen molar-refractivity contribution in [3.63, 3.8) is 0 Å². The highest BCUT2D eigenvalue weighted by Crippen LogP contribution is 2.14. The molecule has 0 aliphatic rings. The van der Waals surface area contributed by atoms with Gasteiger partial charge in [-0.1, -0.05) is 24.3 Å². The third-order valence-corrected chi connectivity index (χ3v) is 3.04. The summed E-state index contributed by atoms with van der Waals surface area (Å²) in [6, 6.07) is 16.1. The monoisotopic (exact) mass is 252 g/mol. The van der Waals surface area contributed by atoms with E-state index in [2.05, 4.69) is 29.0 Å². The van der Waals surface area contributed by atoms with E-state index in [-0.39, 0.29) is 0 Å². The van der Waals surface area contributed by atoms with Gasteiger partial charge in [0, 0.05) is 6.42 Å². The maximum Gasteiger partial charge on any atom is 0.119 e. The van der Waals surface area contributed by atoms with Gasteiger partial charge < -0.3 is 9.72 Å². The van der Waals surface area contributed by atoms with Crippen LogP contribution in [0.25, 0.3) is 11.0 Å². The molecule has 0 spiro atoms. The Balaban J connectivity index is 1.65. The highest BCUT2D eigenvalue weighted by molar-refractivity contribution is 5.75. The number of aryl methyl sites for hydroxylation is 1. The Morgan fingerprint density at radius 2 is 1.95 bits per heavy atom. The van der Waals surface area contributed by atoms with Crippen molar-refractivity contribution in [1.29, 1.82) is 0 Å². The number of nitrogens with zero attached hydrogens (tertiary/aromatic N) is 1. The van der Waals surface area contributed by atoms with E-state index in [4.69, 9.17) is 4.74 Å². The summed E-state index contributed by atoms with van der Waals surface area (Å²) in [5, 5.41) is 0. The molecule has 0 saturated heterocycles. The van der Waals surface area contributed by atoms with Gasteiger partial charge in [0.2, 0.25) is 0 Å². The van der Waals surface area contributed by atoms with Crippen molar-refractivity contribution in [1.82, 2.24) is 9.97 Å². The largest absolute Gasteiger partial charge is 0.493 e. The number of hydrogen-bond acceptors (Lipinski definition) is 2. The Morgan fingerprint density at radius 3 is 2.79 bits per heavy atom. The third kappa shape index (κ3) is 2.76. The Bertz CT molecular complexity index is 674. The zero-order valence-electron chi connectivity index (χ0n) is 10.9. The number of ether oxygens (including phenoxy) is 1. The molecule has 0 saturated carbocycles. The van der Waals surface area contributed by atoms with Crippen LogP contribution in [0.4, 0.5) is 0 Å². The molecule has 3 nitrogen and oxygen atoms in total. The number of imidazole rings is 1. The van der Waals surface area contributed by atoms with Gasteiger partial charge in [-0.25, -0.2) is 4.98 Å². The van der Waals surface area contributed by atoms with Gasteiger partial charge in [-0.3, -0.25) is 0 Å². The second-order valence-electron chi connectivity index (χ2n) is 4.62. The van der Waals surface area contributed by atoms with E-state index in [9.17, 15) is 0 Å². The lowest BCUT2D eigenvalue weighted by Gasteiger charge is -2.03. The first-order valence-corrected chi connectivity index (χ1v) is 6.44. The summed E-state index contributed by atoms with van der Waals surface area (Å²) in [5.74, 6) is 1.87. The fourth-order valence-electron chi connectivity index (χ4n) is 2.08. The van der Waals surface area contributed by atoms with E-state index in [0.717, 1.165) is 29.0 Å². The molecule has 3 aromatic rings. The van der Waals surface area contributed by atoms with E-state index in [1.807, 2.05) is 36.4 Å². The quantitative estimate of drug-likeness (QED) is 0.771. The van der Waals surface area contributed by atoms with Gasteiger partial charge in [-0.15, -0.1) is 0 Å². The molecule has 0 aliphatic carbocycles. The van der Waals surface area contributed by atoms with E-state index < -0.39 is 0 Å².